The third-order valence-corrected chi connectivity index (χ3v) is 6.39. The Labute approximate surface area is 185 Å². The van der Waals surface area contributed by atoms with E-state index in [9.17, 15) is 9.59 Å². The van der Waals surface area contributed by atoms with Crippen LogP contribution in [-0.2, 0) is 11.4 Å². The number of amides is 3. The van der Waals surface area contributed by atoms with Gasteiger partial charge in [-0.3, -0.25) is 10.1 Å². The summed E-state index contributed by atoms with van der Waals surface area (Å²) in [5.74, 6) is 0.705. The van der Waals surface area contributed by atoms with Crippen molar-refractivity contribution in [2.75, 3.05) is 0 Å². The van der Waals surface area contributed by atoms with Gasteiger partial charge in [-0.1, -0.05) is 63.2 Å². The standard InChI is InChI=1S/C20H28ClN5O3S/c1-5-13(6-2)26-16(11-29-15-10-8-7-9-14(15)21)24-25-20(26)30-17(12(3)4)18(27)23-19(22)28/h7-10,12-13,17H,5-6,11H2,1-4H3,(H3,22,23,27,28). The molecule has 3 amide bonds. The van der Waals surface area contributed by atoms with Crippen LogP contribution in [0.5, 0.6) is 5.75 Å². The topological polar surface area (TPSA) is 112 Å². The largest absolute Gasteiger partial charge is 0.484 e. The summed E-state index contributed by atoms with van der Waals surface area (Å²) in [6, 6.07) is 6.49. The number of nitrogens with zero attached hydrogens (tertiary/aromatic N) is 3. The summed E-state index contributed by atoms with van der Waals surface area (Å²) in [4.78, 5) is 23.6. The second-order valence-corrected chi connectivity index (χ2v) is 8.61. The van der Waals surface area contributed by atoms with Crippen molar-refractivity contribution in [3.63, 3.8) is 0 Å². The number of nitrogens with one attached hydrogen (secondary N) is 1. The minimum absolute atomic E-state index is 0.0518. The Morgan fingerprint density at radius 1 is 1.23 bits per heavy atom. The molecule has 0 aliphatic rings. The maximum absolute atomic E-state index is 12.4. The molecule has 0 spiro atoms. The van der Waals surface area contributed by atoms with Gasteiger partial charge in [0.2, 0.25) is 5.91 Å². The number of para-hydroxylation sites is 1. The molecule has 164 valence electrons. The first-order valence-electron chi connectivity index (χ1n) is 9.86. The van der Waals surface area contributed by atoms with Crippen molar-refractivity contribution < 1.29 is 14.3 Å². The van der Waals surface area contributed by atoms with E-state index in [0.29, 0.717) is 21.8 Å². The van der Waals surface area contributed by atoms with Gasteiger partial charge in [-0.2, -0.15) is 0 Å². The summed E-state index contributed by atoms with van der Waals surface area (Å²) < 4.78 is 7.87. The number of benzene rings is 1. The fraction of sp³-hybridized carbons (Fsp3) is 0.500. The molecular formula is C20H28ClN5O3S. The SMILES string of the molecule is CCC(CC)n1c(COc2ccccc2Cl)nnc1SC(C(=O)NC(N)=O)C(C)C. The quantitative estimate of drug-likeness (QED) is 0.522. The van der Waals surface area contributed by atoms with Gasteiger partial charge < -0.3 is 15.0 Å². The van der Waals surface area contributed by atoms with Gasteiger partial charge in [0, 0.05) is 6.04 Å². The monoisotopic (exact) mass is 453 g/mol. The molecule has 0 saturated carbocycles. The highest BCUT2D eigenvalue weighted by atomic mass is 35.5. The Morgan fingerprint density at radius 3 is 2.47 bits per heavy atom. The Balaban J connectivity index is 2.31. The molecule has 8 nitrogen and oxygen atoms in total. The zero-order chi connectivity index (χ0) is 22.3. The van der Waals surface area contributed by atoms with Crippen LogP contribution in [0.25, 0.3) is 0 Å². The van der Waals surface area contributed by atoms with E-state index in [1.165, 1.54) is 11.8 Å². The minimum Gasteiger partial charge on any atom is -0.484 e. The number of hydrogen-bond donors (Lipinski definition) is 2. The van der Waals surface area contributed by atoms with E-state index in [0.717, 1.165) is 12.8 Å². The van der Waals surface area contributed by atoms with Crippen molar-refractivity contribution in [3.8, 4) is 5.75 Å². The van der Waals surface area contributed by atoms with Crippen LogP contribution in [0.1, 0.15) is 52.4 Å². The first kappa shape index (κ1) is 24.0. The average molecular weight is 454 g/mol. The predicted molar refractivity (Wildman–Crippen MR) is 118 cm³/mol. The molecule has 1 heterocycles. The fourth-order valence-corrected chi connectivity index (χ4v) is 4.32. The van der Waals surface area contributed by atoms with Gasteiger partial charge in [0.05, 0.1) is 10.3 Å². The summed E-state index contributed by atoms with van der Waals surface area (Å²) in [7, 11) is 0. The molecule has 1 unspecified atom stereocenters. The molecule has 3 N–H and O–H groups in total. The number of ether oxygens (including phenoxy) is 1. The van der Waals surface area contributed by atoms with Gasteiger partial charge in [-0.15, -0.1) is 10.2 Å². The van der Waals surface area contributed by atoms with E-state index in [-0.39, 0.29) is 18.6 Å². The predicted octanol–water partition coefficient (Wildman–Crippen LogP) is 4.18. The zero-order valence-electron chi connectivity index (χ0n) is 17.6. The number of aromatic nitrogens is 3. The van der Waals surface area contributed by atoms with Crippen LogP contribution in [0, 0.1) is 5.92 Å². The Kier molecular flexibility index (Phi) is 8.98. The number of primary amides is 1. The molecular weight excluding hydrogens is 426 g/mol. The number of halogens is 1. The number of nitrogens with two attached hydrogens (primary N) is 1. The molecule has 0 saturated heterocycles. The van der Waals surface area contributed by atoms with E-state index in [1.54, 1.807) is 12.1 Å². The highest BCUT2D eigenvalue weighted by Gasteiger charge is 2.29. The highest BCUT2D eigenvalue weighted by Crippen LogP contribution is 2.32. The second kappa shape index (κ2) is 11.2. The van der Waals surface area contributed by atoms with Crippen molar-refractivity contribution in [2.45, 2.75) is 63.6 Å². The highest BCUT2D eigenvalue weighted by molar-refractivity contribution is 8.00. The van der Waals surface area contributed by atoms with E-state index >= 15 is 0 Å². The number of hydrogen-bond acceptors (Lipinski definition) is 6. The fourth-order valence-electron chi connectivity index (χ4n) is 3.01. The van der Waals surface area contributed by atoms with E-state index in [2.05, 4.69) is 29.4 Å². The number of urea groups is 1. The second-order valence-electron chi connectivity index (χ2n) is 7.09. The number of rotatable bonds is 10. The molecule has 0 bridgehead atoms. The summed E-state index contributed by atoms with van der Waals surface area (Å²) in [6.07, 6.45) is 1.72. The van der Waals surface area contributed by atoms with Crippen molar-refractivity contribution in [2.24, 2.45) is 11.7 Å². The molecule has 0 aliphatic heterocycles. The van der Waals surface area contributed by atoms with E-state index in [4.69, 9.17) is 22.1 Å². The summed E-state index contributed by atoms with van der Waals surface area (Å²) in [5, 5.41) is 11.4. The van der Waals surface area contributed by atoms with Gasteiger partial charge in [-0.05, 0) is 30.9 Å². The van der Waals surface area contributed by atoms with Crippen molar-refractivity contribution in [3.05, 3.63) is 35.1 Å². The molecule has 1 aromatic heterocycles. The smallest absolute Gasteiger partial charge is 0.318 e. The number of carbonyl (C=O) groups excluding carboxylic acids is 2. The number of imide groups is 1. The molecule has 0 radical (unpaired) electrons. The van der Waals surface area contributed by atoms with Crippen LogP contribution < -0.4 is 15.8 Å². The molecule has 1 atom stereocenters. The average Bonchev–Trinajstić information content (AvgIpc) is 3.08. The van der Waals surface area contributed by atoms with Gasteiger partial charge in [-0.25, -0.2) is 4.79 Å². The van der Waals surface area contributed by atoms with Crippen LogP contribution in [0.4, 0.5) is 4.79 Å². The van der Waals surface area contributed by atoms with Gasteiger partial charge in [0.1, 0.15) is 12.4 Å². The first-order chi connectivity index (χ1) is 14.3. The molecule has 30 heavy (non-hydrogen) atoms. The third kappa shape index (κ3) is 6.12. The van der Waals surface area contributed by atoms with Crippen LogP contribution in [0.15, 0.2) is 29.4 Å². The van der Waals surface area contributed by atoms with Gasteiger partial charge >= 0.3 is 6.03 Å². The molecule has 1 aromatic carbocycles. The normalized spacial score (nSPS) is 12.2. The van der Waals surface area contributed by atoms with Crippen LogP contribution in [-0.4, -0.2) is 32.0 Å². The van der Waals surface area contributed by atoms with Crippen LogP contribution in [0.2, 0.25) is 5.02 Å². The maximum atomic E-state index is 12.4. The van der Waals surface area contributed by atoms with Crippen molar-refractivity contribution in [1.82, 2.24) is 20.1 Å². The van der Waals surface area contributed by atoms with Crippen molar-refractivity contribution >= 4 is 35.3 Å². The summed E-state index contributed by atoms with van der Waals surface area (Å²) in [6.45, 7) is 8.16. The molecule has 2 rings (SSSR count). The lowest BCUT2D eigenvalue weighted by Crippen LogP contribution is -2.42. The zero-order valence-corrected chi connectivity index (χ0v) is 19.2. The summed E-state index contributed by atoms with van der Waals surface area (Å²) in [5.41, 5.74) is 5.12. The number of thioether (sulfide) groups is 1. The molecule has 10 heteroatoms. The van der Waals surface area contributed by atoms with E-state index < -0.39 is 17.2 Å². The van der Waals surface area contributed by atoms with Gasteiger partial charge in [0.15, 0.2) is 11.0 Å². The Bertz CT molecular complexity index is 870. The minimum atomic E-state index is -0.874. The Hall–Kier alpha value is -2.26. The third-order valence-electron chi connectivity index (χ3n) is 4.58. The van der Waals surface area contributed by atoms with E-state index in [1.807, 2.05) is 30.5 Å². The van der Waals surface area contributed by atoms with Crippen LogP contribution >= 0.6 is 23.4 Å². The number of carbonyl (C=O) groups is 2. The maximum Gasteiger partial charge on any atom is 0.318 e. The molecule has 2 aromatic rings. The van der Waals surface area contributed by atoms with Crippen molar-refractivity contribution in [1.29, 1.82) is 0 Å². The molecule has 0 fully saturated rings. The Morgan fingerprint density at radius 2 is 1.90 bits per heavy atom. The lowest BCUT2D eigenvalue weighted by atomic mass is 10.1. The van der Waals surface area contributed by atoms with Crippen LogP contribution in [0.3, 0.4) is 0 Å². The summed E-state index contributed by atoms with van der Waals surface area (Å²) >= 11 is 7.44. The lowest BCUT2D eigenvalue weighted by molar-refractivity contribution is -0.120. The molecule has 0 aliphatic carbocycles. The van der Waals surface area contributed by atoms with Gasteiger partial charge in [0.25, 0.3) is 0 Å². The lowest BCUT2D eigenvalue weighted by Gasteiger charge is -2.22. The first-order valence-corrected chi connectivity index (χ1v) is 11.1.